The van der Waals surface area contributed by atoms with Crippen molar-refractivity contribution >= 4 is 40.8 Å². The number of ketones is 1. The van der Waals surface area contributed by atoms with Crippen LogP contribution in [-0.4, -0.2) is 5.78 Å². The number of carbonyl (C=O) groups is 1. The molecule has 1 heterocycles. The first kappa shape index (κ1) is 16.4. The van der Waals surface area contributed by atoms with Gasteiger partial charge in [0.15, 0.2) is 12.4 Å². The van der Waals surface area contributed by atoms with Crippen LogP contribution in [-0.2, 0) is 0 Å². The highest BCUT2D eigenvalue weighted by atomic mass is 35.5. The quantitative estimate of drug-likeness (QED) is 0.360. The number of benzene rings is 2. The number of nitrogens with zero attached hydrogens (tertiary/aromatic N) is 1. The molecular weight excluding hydrogens is 341 g/mol. The van der Waals surface area contributed by atoms with E-state index in [1.165, 1.54) is 0 Å². The summed E-state index contributed by atoms with van der Waals surface area (Å²) in [6.07, 6.45) is 5.53. The third-order valence-corrected chi connectivity index (χ3v) is 4.01. The van der Waals surface area contributed by atoms with Crippen molar-refractivity contribution in [1.29, 1.82) is 0 Å². The van der Waals surface area contributed by atoms with Crippen LogP contribution in [0, 0.1) is 0 Å². The molecule has 0 unspecified atom stereocenters. The lowest BCUT2D eigenvalue weighted by molar-refractivity contribution is -0.575. The average molecular weight is 355 g/mol. The largest absolute Gasteiger partial charge is 0.282 e. The second kappa shape index (κ2) is 7.43. The number of pyridine rings is 1. The predicted octanol–water partition coefficient (Wildman–Crippen LogP) is 5.16. The van der Waals surface area contributed by atoms with Crippen LogP contribution >= 0.6 is 23.2 Å². The van der Waals surface area contributed by atoms with E-state index in [2.05, 4.69) is 0 Å². The molecule has 4 heteroatoms. The molecule has 3 aromatic rings. The molecule has 0 bridgehead atoms. The second-order valence-corrected chi connectivity index (χ2v) is 6.07. The molecule has 3 rings (SSSR count). The van der Waals surface area contributed by atoms with E-state index in [1.807, 2.05) is 48.8 Å². The number of halogens is 2. The van der Waals surface area contributed by atoms with E-state index in [1.54, 1.807) is 41.0 Å². The topological polar surface area (TPSA) is 20.9 Å². The first-order valence-corrected chi connectivity index (χ1v) is 8.13. The van der Waals surface area contributed by atoms with Gasteiger partial charge in [-0.05, 0) is 42.0 Å². The van der Waals surface area contributed by atoms with Crippen molar-refractivity contribution in [2.75, 3.05) is 0 Å². The van der Waals surface area contributed by atoms with Crippen LogP contribution in [0.2, 0.25) is 10.0 Å². The van der Waals surface area contributed by atoms with Crippen LogP contribution in [0.4, 0.5) is 0 Å². The Kier molecular flexibility index (Phi) is 5.09. The predicted molar refractivity (Wildman–Crippen MR) is 98.0 cm³/mol. The van der Waals surface area contributed by atoms with Crippen molar-refractivity contribution in [3.63, 3.8) is 0 Å². The van der Waals surface area contributed by atoms with Crippen LogP contribution in [0.3, 0.4) is 0 Å². The number of hydrogen-bond acceptors (Lipinski definition) is 1. The molecule has 0 fully saturated rings. The first-order valence-electron chi connectivity index (χ1n) is 7.38. The molecule has 0 radical (unpaired) electrons. The second-order valence-electron chi connectivity index (χ2n) is 5.20. The molecule has 24 heavy (non-hydrogen) atoms. The van der Waals surface area contributed by atoms with Crippen molar-refractivity contribution in [3.05, 3.63) is 100 Å². The normalized spacial score (nSPS) is 11.3. The minimum Gasteiger partial charge on any atom is -0.282 e. The molecule has 0 saturated carbocycles. The Labute approximate surface area is 150 Å². The highest BCUT2D eigenvalue weighted by Gasteiger charge is 2.21. The van der Waals surface area contributed by atoms with Gasteiger partial charge in [-0.1, -0.05) is 41.4 Å². The van der Waals surface area contributed by atoms with E-state index < -0.39 is 0 Å². The van der Waals surface area contributed by atoms with Crippen molar-refractivity contribution in [3.8, 4) is 0 Å². The van der Waals surface area contributed by atoms with Gasteiger partial charge in [0.05, 0.1) is 0 Å². The third-order valence-electron chi connectivity index (χ3n) is 3.51. The molecule has 0 spiro atoms. The number of aromatic nitrogens is 1. The van der Waals surface area contributed by atoms with Crippen LogP contribution < -0.4 is 4.57 Å². The highest BCUT2D eigenvalue weighted by Crippen LogP contribution is 2.17. The van der Waals surface area contributed by atoms with Crippen molar-refractivity contribution < 1.29 is 9.36 Å². The van der Waals surface area contributed by atoms with Gasteiger partial charge in [0.1, 0.15) is 0 Å². The maximum Gasteiger partial charge on any atom is 0.259 e. The van der Waals surface area contributed by atoms with Gasteiger partial charge in [-0.3, -0.25) is 4.79 Å². The Hall–Kier alpha value is -2.42. The van der Waals surface area contributed by atoms with Gasteiger partial charge in [0.25, 0.3) is 11.5 Å². The Morgan fingerprint density at radius 2 is 1.33 bits per heavy atom. The number of carbonyl (C=O) groups excluding carboxylic acids is 1. The van der Waals surface area contributed by atoms with E-state index in [9.17, 15) is 4.79 Å². The average Bonchev–Trinajstić information content (AvgIpc) is 2.62. The summed E-state index contributed by atoms with van der Waals surface area (Å²) in [5.74, 6) is -0.0854. The fourth-order valence-corrected chi connectivity index (χ4v) is 2.53. The molecule has 118 valence electrons. The Bertz CT molecular complexity index is 870. The number of hydrogen-bond donors (Lipinski definition) is 0. The summed E-state index contributed by atoms with van der Waals surface area (Å²) in [6.45, 7) is 0. The molecule has 0 aliphatic rings. The van der Waals surface area contributed by atoms with Crippen LogP contribution in [0.25, 0.3) is 11.8 Å². The van der Waals surface area contributed by atoms with Gasteiger partial charge in [-0.25, -0.2) is 0 Å². The lowest BCUT2D eigenvalue weighted by atomic mass is 10.1. The number of Topliss-reactive ketones (excluding diaryl/α,β-unsaturated/α-hetero) is 1. The lowest BCUT2D eigenvalue weighted by Gasteiger charge is -2.03. The molecule has 0 amide bonds. The van der Waals surface area contributed by atoms with E-state index >= 15 is 0 Å². The Morgan fingerprint density at radius 1 is 0.792 bits per heavy atom. The maximum atomic E-state index is 13.0. The zero-order valence-corrected chi connectivity index (χ0v) is 14.2. The number of allylic oxidation sites excluding steroid dienone is 1. The van der Waals surface area contributed by atoms with Crippen molar-refractivity contribution in [2.24, 2.45) is 0 Å². The molecule has 2 nitrogen and oxygen atoms in total. The molecule has 2 aromatic carbocycles. The van der Waals surface area contributed by atoms with E-state index in [0.717, 1.165) is 5.56 Å². The zero-order chi connectivity index (χ0) is 16.9. The van der Waals surface area contributed by atoms with Crippen molar-refractivity contribution in [1.82, 2.24) is 0 Å². The summed E-state index contributed by atoms with van der Waals surface area (Å²) >= 11 is 11.8. The maximum absolute atomic E-state index is 13.0. The molecular formula is C20H14Cl2NO+. The summed E-state index contributed by atoms with van der Waals surface area (Å²) in [5.41, 5.74) is 2.02. The minimum absolute atomic E-state index is 0.0854. The summed E-state index contributed by atoms with van der Waals surface area (Å²) in [7, 11) is 0. The van der Waals surface area contributed by atoms with Gasteiger partial charge >= 0.3 is 0 Å². The zero-order valence-electron chi connectivity index (χ0n) is 12.7. The molecule has 0 saturated heterocycles. The van der Waals surface area contributed by atoms with Crippen LogP contribution in [0.15, 0.2) is 79.1 Å². The minimum atomic E-state index is -0.0854. The van der Waals surface area contributed by atoms with Gasteiger partial charge in [-0.2, -0.15) is 4.57 Å². The monoisotopic (exact) mass is 354 g/mol. The molecule has 0 aliphatic heterocycles. The Balaban J connectivity index is 2.06. The van der Waals surface area contributed by atoms with E-state index in [-0.39, 0.29) is 5.78 Å². The fraction of sp³-hybridized carbons (Fsp3) is 0. The molecule has 0 aliphatic carbocycles. The smallest absolute Gasteiger partial charge is 0.259 e. The van der Waals surface area contributed by atoms with Crippen LogP contribution in [0.1, 0.15) is 15.9 Å². The Morgan fingerprint density at radius 3 is 1.92 bits per heavy atom. The van der Waals surface area contributed by atoms with Crippen molar-refractivity contribution in [2.45, 2.75) is 0 Å². The molecule has 0 atom stereocenters. The lowest BCUT2D eigenvalue weighted by Crippen LogP contribution is -2.35. The standard InChI is InChI=1S/C20H14Cl2NO/c21-17-8-4-15(5-9-17)14-19(23-12-2-1-3-13-23)20(24)16-6-10-18(22)11-7-16/h1-14H/q+1/b19-14-. The van der Waals surface area contributed by atoms with Gasteiger partial charge < -0.3 is 0 Å². The van der Waals surface area contributed by atoms with E-state index in [4.69, 9.17) is 23.2 Å². The van der Waals surface area contributed by atoms with E-state index in [0.29, 0.717) is 21.3 Å². The summed E-state index contributed by atoms with van der Waals surface area (Å²) in [4.78, 5) is 13.0. The summed E-state index contributed by atoms with van der Waals surface area (Å²) < 4.78 is 1.80. The third kappa shape index (κ3) is 3.91. The van der Waals surface area contributed by atoms with Crippen LogP contribution in [0.5, 0.6) is 0 Å². The SMILES string of the molecule is O=C(/C(=C/c1ccc(Cl)cc1)[n+]1ccccc1)c1ccc(Cl)cc1. The molecule has 1 aromatic heterocycles. The molecule has 0 N–H and O–H groups in total. The highest BCUT2D eigenvalue weighted by molar-refractivity contribution is 6.31. The first-order chi connectivity index (χ1) is 11.6. The summed E-state index contributed by atoms with van der Waals surface area (Å²) in [6, 6.07) is 19.9. The van der Waals surface area contributed by atoms with Gasteiger partial charge in [0, 0.05) is 33.8 Å². The summed E-state index contributed by atoms with van der Waals surface area (Å²) in [5, 5.41) is 1.26. The van der Waals surface area contributed by atoms with Gasteiger partial charge in [0.2, 0.25) is 0 Å². The number of rotatable bonds is 4. The van der Waals surface area contributed by atoms with Gasteiger partial charge in [-0.15, -0.1) is 0 Å². The fourth-order valence-electron chi connectivity index (χ4n) is 2.28.